The maximum Gasteiger partial charge on any atom is 0.0857 e. The van der Waals surface area contributed by atoms with E-state index in [1.165, 1.54) is 0 Å². The van der Waals surface area contributed by atoms with Gasteiger partial charge in [0.05, 0.1) is 5.71 Å². The quantitative estimate of drug-likeness (QED) is 0.275. The highest BCUT2D eigenvalue weighted by atomic mass is 16.4. The first-order chi connectivity index (χ1) is 5.25. The SMILES string of the molecule is C/C(=N\O)c1ccccc1N. The lowest BCUT2D eigenvalue weighted by Crippen LogP contribution is -1.99. The zero-order chi connectivity index (χ0) is 8.27. The predicted molar refractivity (Wildman–Crippen MR) is 44.9 cm³/mol. The van der Waals surface area contributed by atoms with Gasteiger partial charge in [0.25, 0.3) is 0 Å². The summed E-state index contributed by atoms with van der Waals surface area (Å²) in [6.45, 7) is 1.70. The van der Waals surface area contributed by atoms with Crippen LogP contribution in [0, 0.1) is 0 Å². The maximum atomic E-state index is 8.45. The number of hydrogen-bond donors (Lipinski definition) is 2. The van der Waals surface area contributed by atoms with E-state index in [2.05, 4.69) is 5.16 Å². The van der Waals surface area contributed by atoms with Gasteiger partial charge >= 0.3 is 0 Å². The lowest BCUT2D eigenvalue weighted by atomic mass is 10.1. The van der Waals surface area contributed by atoms with Crippen molar-refractivity contribution in [2.75, 3.05) is 5.73 Å². The molecule has 0 spiro atoms. The molecule has 1 aromatic rings. The fourth-order valence-corrected chi connectivity index (χ4v) is 0.880. The van der Waals surface area contributed by atoms with E-state index in [9.17, 15) is 0 Å². The van der Waals surface area contributed by atoms with Crippen LogP contribution in [0.15, 0.2) is 29.4 Å². The molecule has 0 atom stereocenters. The average molecular weight is 150 g/mol. The third kappa shape index (κ3) is 1.49. The van der Waals surface area contributed by atoms with Gasteiger partial charge in [0, 0.05) is 11.3 Å². The van der Waals surface area contributed by atoms with E-state index in [4.69, 9.17) is 10.9 Å². The number of benzene rings is 1. The van der Waals surface area contributed by atoms with E-state index in [-0.39, 0.29) is 0 Å². The minimum Gasteiger partial charge on any atom is -0.411 e. The first-order valence-corrected chi connectivity index (χ1v) is 3.29. The minimum atomic E-state index is 0.531. The predicted octanol–water partition coefficient (Wildman–Crippen LogP) is 1.47. The Bertz CT molecular complexity index is 281. The molecule has 0 aromatic heterocycles. The number of nitrogen functional groups attached to an aromatic ring is 1. The van der Waals surface area contributed by atoms with Crippen LogP contribution in [0.5, 0.6) is 0 Å². The van der Waals surface area contributed by atoms with E-state index in [0.717, 1.165) is 5.56 Å². The molecule has 11 heavy (non-hydrogen) atoms. The van der Waals surface area contributed by atoms with Crippen molar-refractivity contribution >= 4 is 11.4 Å². The molecule has 1 rings (SSSR count). The Kier molecular flexibility index (Phi) is 2.11. The van der Waals surface area contributed by atoms with Gasteiger partial charge in [-0.1, -0.05) is 23.4 Å². The Morgan fingerprint density at radius 2 is 2.09 bits per heavy atom. The fraction of sp³-hybridized carbons (Fsp3) is 0.125. The molecule has 0 fully saturated rings. The number of nitrogens with zero attached hydrogens (tertiary/aromatic N) is 1. The van der Waals surface area contributed by atoms with E-state index in [1.807, 2.05) is 18.2 Å². The standard InChI is InChI=1S/C8H10N2O/c1-6(10-11)7-4-2-3-5-8(7)9/h2-5,11H,9H2,1H3/b10-6+. The summed E-state index contributed by atoms with van der Waals surface area (Å²) >= 11 is 0. The monoisotopic (exact) mass is 150 g/mol. The van der Waals surface area contributed by atoms with Crippen molar-refractivity contribution < 1.29 is 5.21 Å². The number of para-hydroxylation sites is 1. The molecule has 0 aliphatic heterocycles. The Labute approximate surface area is 65.1 Å². The van der Waals surface area contributed by atoms with Crippen LogP contribution < -0.4 is 5.73 Å². The second-order valence-electron chi connectivity index (χ2n) is 2.27. The summed E-state index contributed by atoms with van der Waals surface area (Å²) < 4.78 is 0. The topological polar surface area (TPSA) is 58.6 Å². The van der Waals surface area contributed by atoms with Crippen LogP contribution in [-0.4, -0.2) is 10.9 Å². The first-order valence-electron chi connectivity index (χ1n) is 3.29. The highest BCUT2D eigenvalue weighted by molar-refractivity contribution is 6.02. The third-order valence-corrected chi connectivity index (χ3v) is 1.50. The molecule has 0 aliphatic carbocycles. The van der Waals surface area contributed by atoms with Gasteiger partial charge in [0.1, 0.15) is 0 Å². The number of oxime groups is 1. The highest BCUT2D eigenvalue weighted by Crippen LogP contribution is 2.10. The molecule has 1 aromatic carbocycles. The van der Waals surface area contributed by atoms with Gasteiger partial charge in [-0.05, 0) is 13.0 Å². The second kappa shape index (κ2) is 3.05. The van der Waals surface area contributed by atoms with Crippen LogP contribution in [0.3, 0.4) is 0 Å². The molecule has 0 unspecified atom stereocenters. The van der Waals surface area contributed by atoms with E-state index >= 15 is 0 Å². The van der Waals surface area contributed by atoms with Crippen molar-refractivity contribution in [1.82, 2.24) is 0 Å². The summed E-state index contributed by atoms with van der Waals surface area (Å²) in [5.41, 5.74) is 7.54. The van der Waals surface area contributed by atoms with Crippen molar-refractivity contribution in [3.63, 3.8) is 0 Å². The van der Waals surface area contributed by atoms with Gasteiger partial charge < -0.3 is 10.9 Å². The summed E-state index contributed by atoms with van der Waals surface area (Å²) in [5.74, 6) is 0. The van der Waals surface area contributed by atoms with Gasteiger partial charge in [-0.25, -0.2) is 0 Å². The molecule has 0 saturated heterocycles. The van der Waals surface area contributed by atoms with Crippen molar-refractivity contribution in [3.05, 3.63) is 29.8 Å². The lowest BCUT2D eigenvalue weighted by Gasteiger charge is -2.01. The molecular weight excluding hydrogens is 140 g/mol. The molecule has 0 amide bonds. The summed E-state index contributed by atoms with van der Waals surface area (Å²) in [6, 6.07) is 7.26. The fourth-order valence-electron chi connectivity index (χ4n) is 0.880. The van der Waals surface area contributed by atoms with Gasteiger partial charge in [0.15, 0.2) is 0 Å². The van der Waals surface area contributed by atoms with Crippen LogP contribution in [0.25, 0.3) is 0 Å². The van der Waals surface area contributed by atoms with E-state index in [0.29, 0.717) is 11.4 Å². The van der Waals surface area contributed by atoms with Crippen molar-refractivity contribution in [3.8, 4) is 0 Å². The molecule has 0 saturated carbocycles. The number of rotatable bonds is 1. The summed E-state index contributed by atoms with van der Waals surface area (Å²) in [6.07, 6.45) is 0. The molecule has 0 aliphatic rings. The molecule has 0 heterocycles. The van der Waals surface area contributed by atoms with Crippen LogP contribution in [0.2, 0.25) is 0 Å². The molecule has 3 heteroatoms. The minimum absolute atomic E-state index is 0.531. The molecule has 0 bridgehead atoms. The Balaban J connectivity index is 3.14. The Hall–Kier alpha value is -1.51. The first kappa shape index (κ1) is 7.60. The smallest absolute Gasteiger partial charge is 0.0857 e. The Morgan fingerprint density at radius 3 is 2.64 bits per heavy atom. The van der Waals surface area contributed by atoms with E-state index in [1.54, 1.807) is 13.0 Å². The summed E-state index contributed by atoms with van der Waals surface area (Å²) in [7, 11) is 0. The van der Waals surface area contributed by atoms with Crippen molar-refractivity contribution in [2.24, 2.45) is 5.16 Å². The largest absolute Gasteiger partial charge is 0.411 e. The normalized spacial score (nSPS) is 11.5. The second-order valence-corrected chi connectivity index (χ2v) is 2.27. The maximum absolute atomic E-state index is 8.45. The number of anilines is 1. The summed E-state index contributed by atoms with van der Waals surface area (Å²) in [5, 5.41) is 11.5. The molecule has 3 N–H and O–H groups in total. The molecule has 3 nitrogen and oxygen atoms in total. The average Bonchev–Trinajstić information content (AvgIpc) is 2.04. The van der Waals surface area contributed by atoms with Crippen LogP contribution in [-0.2, 0) is 0 Å². The van der Waals surface area contributed by atoms with Crippen molar-refractivity contribution in [1.29, 1.82) is 0 Å². The molecule has 0 radical (unpaired) electrons. The van der Waals surface area contributed by atoms with Gasteiger partial charge in [0.2, 0.25) is 0 Å². The van der Waals surface area contributed by atoms with E-state index < -0.39 is 0 Å². The number of hydrogen-bond acceptors (Lipinski definition) is 3. The zero-order valence-electron chi connectivity index (χ0n) is 6.28. The third-order valence-electron chi connectivity index (χ3n) is 1.50. The van der Waals surface area contributed by atoms with Gasteiger partial charge in [-0.2, -0.15) is 0 Å². The number of nitrogens with two attached hydrogens (primary N) is 1. The Morgan fingerprint density at radius 1 is 1.45 bits per heavy atom. The van der Waals surface area contributed by atoms with Crippen LogP contribution in [0.4, 0.5) is 5.69 Å². The lowest BCUT2D eigenvalue weighted by molar-refractivity contribution is 0.319. The van der Waals surface area contributed by atoms with Crippen LogP contribution >= 0.6 is 0 Å². The van der Waals surface area contributed by atoms with Crippen molar-refractivity contribution in [2.45, 2.75) is 6.92 Å². The molecular formula is C8H10N2O. The zero-order valence-corrected chi connectivity index (χ0v) is 6.28. The van der Waals surface area contributed by atoms with Gasteiger partial charge in [-0.15, -0.1) is 0 Å². The molecule has 58 valence electrons. The summed E-state index contributed by atoms with van der Waals surface area (Å²) in [4.78, 5) is 0. The highest BCUT2D eigenvalue weighted by Gasteiger charge is 1.99. The van der Waals surface area contributed by atoms with Gasteiger partial charge in [-0.3, -0.25) is 0 Å². The van der Waals surface area contributed by atoms with Crippen LogP contribution in [0.1, 0.15) is 12.5 Å².